The Morgan fingerprint density at radius 2 is 2.00 bits per heavy atom. The minimum atomic E-state index is -0.390. The van der Waals surface area contributed by atoms with Crippen molar-refractivity contribution in [1.29, 1.82) is 0 Å². The summed E-state index contributed by atoms with van der Waals surface area (Å²) in [4.78, 5) is 16.7. The zero-order valence-corrected chi connectivity index (χ0v) is 17.4. The number of aromatic nitrogens is 1. The molecule has 7 heteroatoms. The van der Waals surface area contributed by atoms with Crippen LogP contribution in [0.1, 0.15) is 15.9 Å². The van der Waals surface area contributed by atoms with E-state index in [9.17, 15) is 9.18 Å². The number of halogens is 2. The van der Waals surface area contributed by atoms with Gasteiger partial charge >= 0.3 is 0 Å². The highest BCUT2D eigenvalue weighted by atomic mass is 127. The highest BCUT2D eigenvalue weighted by Crippen LogP contribution is 2.24. The van der Waals surface area contributed by atoms with Crippen LogP contribution < -0.4 is 15.4 Å². The molecule has 1 aromatic heterocycles. The van der Waals surface area contributed by atoms with Gasteiger partial charge in [0.2, 0.25) is 0 Å². The Morgan fingerprint density at radius 1 is 1.18 bits per heavy atom. The fraction of sp³-hybridized carbons (Fsp3) is 0.143. The maximum atomic E-state index is 14.1. The molecule has 0 aliphatic carbocycles. The van der Waals surface area contributed by atoms with E-state index in [4.69, 9.17) is 4.74 Å². The maximum Gasteiger partial charge on any atom is 0.253 e. The zero-order chi connectivity index (χ0) is 19.9. The summed E-state index contributed by atoms with van der Waals surface area (Å²) in [5.41, 5.74) is 2.14. The molecule has 1 heterocycles. The predicted octanol–water partition coefficient (Wildman–Crippen LogP) is 4.55. The van der Waals surface area contributed by atoms with Crippen molar-refractivity contribution >= 4 is 39.9 Å². The maximum absolute atomic E-state index is 14.1. The van der Waals surface area contributed by atoms with E-state index in [1.807, 2.05) is 46.9 Å². The van der Waals surface area contributed by atoms with Gasteiger partial charge in [0.25, 0.3) is 5.91 Å². The molecule has 0 spiro atoms. The smallest absolute Gasteiger partial charge is 0.253 e. The minimum Gasteiger partial charge on any atom is -0.496 e. The van der Waals surface area contributed by atoms with Crippen LogP contribution in [0.2, 0.25) is 0 Å². The lowest BCUT2D eigenvalue weighted by Gasteiger charge is -2.13. The molecular formula is C21H19FIN3O2. The fourth-order valence-corrected chi connectivity index (χ4v) is 3.20. The molecule has 5 nitrogen and oxygen atoms in total. The van der Waals surface area contributed by atoms with Gasteiger partial charge < -0.3 is 15.4 Å². The number of benzene rings is 2. The van der Waals surface area contributed by atoms with Crippen molar-refractivity contribution in [2.75, 3.05) is 19.0 Å². The second-order valence-corrected chi connectivity index (χ2v) is 7.23. The number of nitrogens with zero attached hydrogens (tertiary/aromatic N) is 1. The summed E-state index contributed by atoms with van der Waals surface area (Å²) in [5, 5.41) is 5.85. The number of carbonyl (C=O) groups excluding carboxylic acids is 1. The molecule has 144 valence electrons. The average Bonchev–Trinajstić information content (AvgIpc) is 2.70. The van der Waals surface area contributed by atoms with Crippen LogP contribution >= 0.6 is 22.6 Å². The number of pyridine rings is 1. The Balaban J connectivity index is 1.69. The number of rotatable bonds is 7. The summed E-state index contributed by atoms with van der Waals surface area (Å²) in [6, 6.07) is 14.1. The van der Waals surface area contributed by atoms with E-state index in [0.717, 1.165) is 14.9 Å². The van der Waals surface area contributed by atoms with Crippen molar-refractivity contribution in [1.82, 2.24) is 10.3 Å². The number of hydrogen-bond donors (Lipinski definition) is 2. The number of nitrogens with one attached hydrogen (secondary N) is 2. The molecule has 0 aliphatic heterocycles. The van der Waals surface area contributed by atoms with Crippen LogP contribution in [0.4, 0.5) is 15.8 Å². The summed E-state index contributed by atoms with van der Waals surface area (Å²) in [6.45, 7) is 0.443. The Labute approximate surface area is 176 Å². The number of anilines is 2. The third kappa shape index (κ3) is 4.98. The normalized spacial score (nSPS) is 10.4. The molecule has 0 saturated heterocycles. The zero-order valence-electron chi connectivity index (χ0n) is 15.2. The molecule has 28 heavy (non-hydrogen) atoms. The second kappa shape index (κ2) is 9.50. The molecule has 0 aliphatic rings. The summed E-state index contributed by atoms with van der Waals surface area (Å²) < 4.78 is 20.2. The molecule has 3 aromatic rings. The minimum absolute atomic E-state index is 0.259. The van der Waals surface area contributed by atoms with Crippen LogP contribution in [0, 0.1) is 9.39 Å². The molecule has 0 bridgehead atoms. The molecule has 2 aromatic carbocycles. The van der Waals surface area contributed by atoms with E-state index >= 15 is 0 Å². The molecule has 0 radical (unpaired) electrons. The average molecular weight is 491 g/mol. The van der Waals surface area contributed by atoms with Gasteiger partial charge in [0.15, 0.2) is 0 Å². The molecule has 0 fully saturated rings. The van der Waals surface area contributed by atoms with Gasteiger partial charge in [-0.25, -0.2) is 4.39 Å². The SMILES string of the molecule is COc1ccccc1CCNC(=O)c1ccncc1Nc1ccc(I)cc1F. The van der Waals surface area contributed by atoms with E-state index in [1.54, 1.807) is 25.3 Å². The van der Waals surface area contributed by atoms with E-state index < -0.39 is 5.82 Å². The Hall–Kier alpha value is -2.68. The number of para-hydroxylation sites is 1. The molecule has 2 N–H and O–H groups in total. The van der Waals surface area contributed by atoms with Crippen molar-refractivity contribution in [3.63, 3.8) is 0 Å². The van der Waals surface area contributed by atoms with Crippen LogP contribution in [-0.4, -0.2) is 24.5 Å². The van der Waals surface area contributed by atoms with Gasteiger partial charge in [0, 0.05) is 16.3 Å². The summed E-state index contributed by atoms with van der Waals surface area (Å²) >= 11 is 2.04. The van der Waals surface area contributed by atoms with Gasteiger partial charge in [-0.2, -0.15) is 0 Å². The van der Waals surface area contributed by atoms with Crippen molar-refractivity contribution in [2.45, 2.75) is 6.42 Å². The summed E-state index contributed by atoms with van der Waals surface area (Å²) in [7, 11) is 1.62. The second-order valence-electron chi connectivity index (χ2n) is 5.99. The lowest BCUT2D eigenvalue weighted by Crippen LogP contribution is -2.26. The lowest BCUT2D eigenvalue weighted by atomic mass is 10.1. The Kier molecular flexibility index (Phi) is 6.80. The van der Waals surface area contributed by atoms with Crippen molar-refractivity contribution in [3.8, 4) is 5.75 Å². The highest BCUT2D eigenvalue weighted by Gasteiger charge is 2.13. The van der Waals surface area contributed by atoms with Crippen molar-refractivity contribution < 1.29 is 13.9 Å². The van der Waals surface area contributed by atoms with E-state index in [1.165, 1.54) is 18.5 Å². The third-order valence-corrected chi connectivity index (χ3v) is 4.81. The van der Waals surface area contributed by atoms with Gasteiger partial charge in [0.1, 0.15) is 11.6 Å². The standard InChI is InChI=1S/C21H19FIN3O2/c1-28-20-5-3-2-4-14(20)8-11-25-21(27)16-9-10-24-13-19(16)26-18-7-6-15(23)12-17(18)22/h2-7,9-10,12-13,26H,8,11H2,1H3,(H,25,27). The Morgan fingerprint density at radius 3 is 2.79 bits per heavy atom. The summed E-state index contributed by atoms with van der Waals surface area (Å²) in [5.74, 6) is 0.140. The number of hydrogen-bond acceptors (Lipinski definition) is 4. The first-order valence-electron chi connectivity index (χ1n) is 8.64. The van der Waals surface area contributed by atoms with E-state index in [0.29, 0.717) is 24.2 Å². The van der Waals surface area contributed by atoms with Crippen LogP contribution in [0.15, 0.2) is 60.9 Å². The van der Waals surface area contributed by atoms with Crippen LogP contribution in [0.3, 0.4) is 0 Å². The largest absolute Gasteiger partial charge is 0.496 e. The third-order valence-electron chi connectivity index (χ3n) is 4.14. The quantitative estimate of drug-likeness (QED) is 0.477. The van der Waals surface area contributed by atoms with Crippen molar-refractivity contribution in [3.05, 3.63) is 81.4 Å². The first kappa shape index (κ1) is 20.1. The monoisotopic (exact) mass is 491 g/mol. The molecule has 0 saturated carbocycles. The molecule has 0 unspecified atom stereocenters. The van der Waals surface area contributed by atoms with Gasteiger partial charge in [-0.1, -0.05) is 18.2 Å². The first-order chi connectivity index (χ1) is 13.6. The topological polar surface area (TPSA) is 63.2 Å². The van der Waals surface area contributed by atoms with Crippen LogP contribution in [-0.2, 0) is 6.42 Å². The molecular weight excluding hydrogens is 472 g/mol. The van der Waals surface area contributed by atoms with Gasteiger partial charge in [0.05, 0.1) is 30.2 Å². The van der Waals surface area contributed by atoms with Crippen LogP contribution in [0.5, 0.6) is 5.75 Å². The highest BCUT2D eigenvalue weighted by molar-refractivity contribution is 14.1. The van der Waals surface area contributed by atoms with Gasteiger partial charge in [-0.15, -0.1) is 0 Å². The number of carbonyl (C=O) groups is 1. The van der Waals surface area contributed by atoms with Gasteiger partial charge in [-0.3, -0.25) is 9.78 Å². The Bertz CT molecular complexity index is 981. The number of methoxy groups -OCH3 is 1. The van der Waals surface area contributed by atoms with Crippen LogP contribution in [0.25, 0.3) is 0 Å². The number of amides is 1. The van der Waals surface area contributed by atoms with Crippen molar-refractivity contribution in [2.24, 2.45) is 0 Å². The molecule has 1 amide bonds. The fourth-order valence-electron chi connectivity index (χ4n) is 2.74. The first-order valence-corrected chi connectivity index (χ1v) is 9.72. The van der Waals surface area contributed by atoms with Gasteiger partial charge in [-0.05, 0) is 64.9 Å². The molecule has 0 atom stereocenters. The molecule has 3 rings (SSSR count). The van der Waals surface area contributed by atoms with E-state index in [-0.39, 0.29) is 11.6 Å². The predicted molar refractivity (Wildman–Crippen MR) is 116 cm³/mol. The van der Waals surface area contributed by atoms with E-state index in [2.05, 4.69) is 15.6 Å². The lowest BCUT2D eigenvalue weighted by molar-refractivity contribution is 0.0955. The summed E-state index contributed by atoms with van der Waals surface area (Å²) in [6.07, 6.45) is 3.67. The number of ether oxygens (including phenoxy) is 1.